The van der Waals surface area contributed by atoms with Gasteiger partial charge in [-0.15, -0.1) is 0 Å². The maximum Gasteiger partial charge on any atom is 0.319 e. The molecule has 4 nitrogen and oxygen atoms in total. The first-order valence-electron chi connectivity index (χ1n) is 8.08. The van der Waals surface area contributed by atoms with Crippen molar-refractivity contribution in [2.45, 2.75) is 33.1 Å². The molecule has 0 atom stereocenters. The third-order valence-corrected chi connectivity index (χ3v) is 4.13. The van der Waals surface area contributed by atoms with Crippen LogP contribution in [0.1, 0.15) is 30.5 Å². The summed E-state index contributed by atoms with van der Waals surface area (Å²) in [6, 6.07) is 13.9. The van der Waals surface area contributed by atoms with Crippen molar-refractivity contribution in [1.82, 2.24) is 5.32 Å². The number of urea groups is 1. The molecule has 2 amide bonds. The zero-order chi connectivity index (χ0) is 17.7. The molecule has 128 valence electrons. The average molecular weight is 326 g/mol. The molecule has 2 rings (SSSR count). The van der Waals surface area contributed by atoms with E-state index < -0.39 is 0 Å². The van der Waals surface area contributed by atoms with Crippen LogP contribution in [0.5, 0.6) is 5.75 Å². The van der Waals surface area contributed by atoms with Crippen LogP contribution in [0.4, 0.5) is 10.5 Å². The lowest BCUT2D eigenvalue weighted by atomic mass is 9.84. The van der Waals surface area contributed by atoms with Crippen LogP contribution >= 0.6 is 0 Å². The molecule has 0 heterocycles. The minimum Gasteiger partial charge on any atom is -0.495 e. The Morgan fingerprint density at radius 3 is 2.29 bits per heavy atom. The van der Waals surface area contributed by atoms with Gasteiger partial charge in [-0.1, -0.05) is 49.7 Å². The Labute approximate surface area is 144 Å². The summed E-state index contributed by atoms with van der Waals surface area (Å²) in [4.78, 5) is 12.2. The van der Waals surface area contributed by atoms with E-state index in [0.717, 1.165) is 5.56 Å². The Morgan fingerprint density at radius 1 is 1.04 bits per heavy atom. The number of carbonyl (C=O) groups is 1. The second kappa shape index (κ2) is 7.39. The van der Waals surface area contributed by atoms with E-state index in [2.05, 4.69) is 55.7 Å². The van der Waals surface area contributed by atoms with E-state index in [-0.39, 0.29) is 11.4 Å². The molecule has 0 unspecified atom stereocenters. The lowest BCUT2D eigenvalue weighted by Gasteiger charge is -2.26. The highest BCUT2D eigenvalue weighted by atomic mass is 16.5. The van der Waals surface area contributed by atoms with Gasteiger partial charge in [0.15, 0.2) is 0 Å². The lowest BCUT2D eigenvalue weighted by Crippen LogP contribution is -2.39. The van der Waals surface area contributed by atoms with E-state index in [4.69, 9.17) is 4.74 Å². The zero-order valence-corrected chi connectivity index (χ0v) is 15.1. The van der Waals surface area contributed by atoms with E-state index >= 15 is 0 Å². The SMILES string of the molecule is COc1ccc(C)cc1NC(=O)NCC(C)(C)c1ccc(C)cc1. The molecule has 0 aromatic heterocycles. The molecule has 0 aliphatic rings. The first-order chi connectivity index (χ1) is 11.3. The molecule has 2 aromatic carbocycles. The number of amides is 2. The van der Waals surface area contributed by atoms with Gasteiger partial charge in [0.1, 0.15) is 5.75 Å². The monoisotopic (exact) mass is 326 g/mol. The maximum atomic E-state index is 12.2. The Balaban J connectivity index is 2.00. The largest absolute Gasteiger partial charge is 0.495 e. The molecule has 0 spiro atoms. The molecule has 0 radical (unpaired) electrons. The zero-order valence-electron chi connectivity index (χ0n) is 15.1. The minimum atomic E-state index is -0.237. The van der Waals surface area contributed by atoms with Gasteiger partial charge in [-0.25, -0.2) is 4.79 Å². The van der Waals surface area contributed by atoms with E-state index in [1.807, 2.05) is 25.1 Å². The molecule has 0 aliphatic heterocycles. The molecule has 0 saturated heterocycles. The smallest absolute Gasteiger partial charge is 0.319 e. The number of aryl methyl sites for hydroxylation is 2. The highest BCUT2D eigenvalue weighted by Crippen LogP contribution is 2.25. The molecular formula is C20H26N2O2. The molecule has 4 heteroatoms. The summed E-state index contributed by atoms with van der Waals surface area (Å²) in [5.74, 6) is 0.647. The highest BCUT2D eigenvalue weighted by molar-refractivity contribution is 5.91. The molecule has 2 aromatic rings. The molecule has 2 N–H and O–H groups in total. The molecule has 0 aliphatic carbocycles. The number of hydrogen-bond donors (Lipinski definition) is 2. The molecule has 0 bridgehead atoms. The van der Waals surface area contributed by atoms with E-state index in [0.29, 0.717) is 18.0 Å². The van der Waals surface area contributed by atoms with Gasteiger partial charge in [-0.05, 0) is 37.1 Å². The Kier molecular flexibility index (Phi) is 5.50. The van der Waals surface area contributed by atoms with Gasteiger partial charge < -0.3 is 15.4 Å². The van der Waals surface area contributed by atoms with Crippen molar-refractivity contribution in [2.75, 3.05) is 19.0 Å². The van der Waals surface area contributed by atoms with Crippen LogP contribution in [0.2, 0.25) is 0 Å². The Morgan fingerprint density at radius 2 is 1.67 bits per heavy atom. The van der Waals surface area contributed by atoms with E-state index in [1.165, 1.54) is 11.1 Å². The van der Waals surface area contributed by atoms with Crippen molar-refractivity contribution < 1.29 is 9.53 Å². The topological polar surface area (TPSA) is 50.4 Å². The van der Waals surface area contributed by atoms with Gasteiger partial charge in [0, 0.05) is 12.0 Å². The normalized spacial score (nSPS) is 11.0. The van der Waals surface area contributed by atoms with Crippen molar-refractivity contribution in [1.29, 1.82) is 0 Å². The summed E-state index contributed by atoms with van der Waals surface area (Å²) in [7, 11) is 1.59. The van der Waals surface area contributed by atoms with Crippen LogP contribution in [-0.4, -0.2) is 19.7 Å². The van der Waals surface area contributed by atoms with Crippen LogP contribution in [0.25, 0.3) is 0 Å². The van der Waals surface area contributed by atoms with E-state index in [1.54, 1.807) is 7.11 Å². The van der Waals surface area contributed by atoms with Crippen LogP contribution in [0.15, 0.2) is 42.5 Å². The predicted octanol–water partition coefficient (Wildman–Crippen LogP) is 4.41. The van der Waals surface area contributed by atoms with Gasteiger partial charge >= 0.3 is 6.03 Å². The van der Waals surface area contributed by atoms with Crippen LogP contribution in [0, 0.1) is 13.8 Å². The number of methoxy groups -OCH3 is 1. The predicted molar refractivity (Wildman–Crippen MR) is 99.0 cm³/mol. The fourth-order valence-corrected chi connectivity index (χ4v) is 2.49. The first-order valence-corrected chi connectivity index (χ1v) is 8.08. The van der Waals surface area contributed by atoms with E-state index in [9.17, 15) is 4.79 Å². The Hall–Kier alpha value is -2.49. The van der Waals surface area contributed by atoms with Crippen molar-refractivity contribution in [3.8, 4) is 5.75 Å². The summed E-state index contributed by atoms with van der Waals surface area (Å²) in [5, 5.41) is 5.81. The van der Waals surface area contributed by atoms with Gasteiger partial charge in [-0.3, -0.25) is 0 Å². The molecule has 0 fully saturated rings. The number of rotatable bonds is 5. The van der Waals surface area contributed by atoms with Crippen LogP contribution in [-0.2, 0) is 5.41 Å². The highest BCUT2D eigenvalue weighted by Gasteiger charge is 2.21. The molecular weight excluding hydrogens is 300 g/mol. The van der Waals surface area contributed by atoms with Crippen LogP contribution < -0.4 is 15.4 Å². The third kappa shape index (κ3) is 4.51. The summed E-state index contributed by atoms with van der Waals surface area (Å²) in [6.07, 6.45) is 0. The average Bonchev–Trinajstić information content (AvgIpc) is 2.54. The molecule has 0 saturated carbocycles. The summed E-state index contributed by atoms with van der Waals surface area (Å²) >= 11 is 0. The van der Waals surface area contributed by atoms with Gasteiger partial charge in [0.2, 0.25) is 0 Å². The van der Waals surface area contributed by atoms with Gasteiger partial charge in [-0.2, -0.15) is 0 Å². The van der Waals surface area contributed by atoms with Crippen molar-refractivity contribution >= 4 is 11.7 Å². The fourth-order valence-electron chi connectivity index (χ4n) is 2.49. The first kappa shape index (κ1) is 17.9. The van der Waals surface area contributed by atoms with Gasteiger partial charge in [0.05, 0.1) is 12.8 Å². The second-order valence-corrected chi connectivity index (χ2v) is 6.76. The summed E-state index contributed by atoms with van der Waals surface area (Å²) < 4.78 is 5.28. The summed E-state index contributed by atoms with van der Waals surface area (Å²) in [6.45, 7) is 8.81. The number of anilines is 1. The quantitative estimate of drug-likeness (QED) is 0.855. The third-order valence-electron chi connectivity index (χ3n) is 4.13. The fraction of sp³-hybridized carbons (Fsp3) is 0.350. The van der Waals surface area contributed by atoms with Crippen molar-refractivity contribution in [3.05, 3.63) is 59.2 Å². The maximum absolute atomic E-state index is 12.2. The summed E-state index contributed by atoms with van der Waals surface area (Å²) in [5.41, 5.74) is 4.00. The van der Waals surface area contributed by atoms with Crippen LogP contribution in [0.3, 0.4) is 0 Å². The van der Waals surface area contributed by atoms with Crippen molar-refractivity contribution in [2.24, 2.45) is 0 Å². The second-order valence-electron chi connectivity index (χ2n) is 6.76. The Bertz CT molecular complexity index is 706. The minimum absolute atomic E-state index is 0.151. The number of ether oxygens (including phenoxy) is 1. The number of carbonyl (C=O) groups excluding carboxylic acids is 1. The van der Waals surface area contributed by atoms with Gasteiger partial charge in [0.25, 0.3) is 0 Å². The molecule has 24 heavy (non-hydrogen) atoms. The number of nitrogens with one attached hydrogen (secondary N) is 2. The standard InChI is InChI=1S/C20H26N2O2/c1-14-6-9-16(10-7-14)20(3,4)13-21-19(23)22-17-12-15(2)8-11-18(17)24-5/h6-12H,13H2,1-5H3,(H2,21,22,23). The lowest BCUT2D eigenvalue weighted by molar-refractivity contribution is 0.249. The number of benzene rings is 2. The number of hydrogen-bond acceptors (Lipinski definition) is 2. The van der Waals surface area contributed by atoms with Crippen molar-refractivity contribution in [3.63, 3.8) is 0 Å².